The summed E-state index contributed by atoms with van der Waals surface area (Å²) in [5, 5.41) is 12.4. The summed E-state index contributed by atoms with van der Waals surface area (Å²) in [6.07, 6.45) is 0.626. The first kappa shape index (κ1) is 14.2. The van der Waals surface area contributed by atoms with E-state index in [1.807, 2.05) is 0 Å². The average Bonchev–Trinajstić information content (AvgIpc) is 3.06. The number of ether oxygens (including phenoxy) is 2. The van der Waals surface area contributed by atoms with Crippen LogP contribution in [0.4, 0.5) is 5.69 Å². The van der Waals surface area contributed by atoms with E-state index in [1.165, 1.54) is 0 Å². The fourth-order valence-electron chi connectivity index (χ4n) is 2.78. The third-order valence-electron chi connectivity index (χ3n) is 4.01. The summed E-state index contributed by atoms with van der Waals surface area (Å²) in [6.45, 7) is 4.00. The highest BCUT2D eigenvalue weighted by atomic mass is 16.7. The maximum Gasteiger partial charge on any atom is 0.238 e. The van der Waals surface area contributed by atoms with Crippen molar-refractivity contribution in [2.75, 3.05) is 31.7 Å². The predicted molar refractivity (Wildman–Crippen MR) is 77.4 cm³/mol. The van der Waals surface area contributed by atoms with Crippen LogP contribution in [0.3, 0.4) is 0 Å². The molecule has 0 spiro atoms. The smallest absolute Gasteiger partial charge is 0.238 e. The van der Waals surface area contributed by atoms with Gasteiger partial charge in [0.25, 0.3) is 0 Å². The molecule has 6 nitrogen and oxygen atoms in total. The van der Waals surface area contributed by atoms with E-state index >= 15 is 0 Å². The van der Waals surface area contributed by atoms with Gasteiger partial charge in [-0.2, -0.15) is 0 Å². The monoisotopic (exact) mass is 292 g/mol. The van der Waals surface area contributed by atoms with Crippen LogP contribution in [0.1, 0.15) is 13.3 Å². The third-order valence-corrected chi connectivity index (χ3v) is 4.01. The molecule has 0 bridgehead atoms. The highest BCUT2D eigenvalue weighted by Crippen LogP contribution is 2.34. The number of aliphatic hydroxyl groups excluding tert-OH is 1. The SMILES string of the molecule is CC(O)C1CCN(CC(=O)Nc2ccc3c(c2)OCO3)C1. The number of amides is 1. The quantitative estimate of drug-likeness (QED) is 0.868. The Kier molecular flexibility index (Phi) is 3.98. The summed E-state index contributed by atoms with van der Waals surface area (Å²) < 4.78 is 10.5. The number of hydrogen-bond acceptors (Lipinski definition) is 5. The molecule has 114 valence electrons. The van der Waals surface area contributed by atoms with Gasteiger partial charge in [0, 0.05) is 18.3 Å². The molecule has 6 heteroatoms. The minimum atomic E-state index is -0.313. The third kappa shape index (κ3) is 3.28. The van der Waals surface area contributed by atoms with E-state index in [1.54, 1.807) is 25.1 Å². The molecular weight excluding hydrogens is 272 g/mol. The summed E-state index contributed by atoms with van der Waals surface area (Å²) in [5.74, 6) is 1.57. The van der Waals surface area contributed by atoms with Gasteiger partial charge in [0.1, 0.15) is 0 Å². The maximum absolute atomic E-state index is 12.1. The molecule has 2 atom stereocenters. The Morgan fingerprint density at radius 2 is 2.29 bits per heavy atom. The number of likely N-dealkylation sites (tertiary alicyclic amines) is 1. The second kappa shape index (κ2) is 5.91. The van der Waals surface area contributed by atoms with E-state index in [2.05, 4.69) is 10.2 Å². The van der Waals surface area contributed by atoms with Gasteiger partial charge in [-0.25, -0.2) is 0 Å². The van der Waals surface area contributed by atoms with Gasteiger partial charge >= 0.3 is 0 Å². The Balaban J connectivity index is 1.53. The Bertz CT molecular complexity index is 532. The number of hydrogen-bond donors (Lipinski definition) is 2. The van der Waals surface area contributed by atoms with E-state index < -0.39 is 0 Å². The molecule has 3 rings (SSSR count). The van der Waals surface area contributed by atoms with Gasteiger partial charge in [0.2, 0.25) is 12.7 Å². The second-order valence-corrected chi connectivity index (χ2v) is 5.64. The predicted octanol–water partition coefficient (Wildman–Crippen LogP) is 1.06. The van der Waals surface area contributed by atoms with E-state index in [9.17, 15) is 9.90 Å². The summed E-state index contributed by atoms with van der Waals surface area (Å²) >= 11 is 0. The van der Waals surface area contributed by atoms with Crippen LogP contribution in [0, 0.1) is 5.92 Å². The fraction of sp³-hybridized carbons (Fsp3) is 0.533. The topological polar surface area (TPSA) is 71.0 Å². The first-order valence-electron chi connectivity index (χ1n) is 7.22. The van der Waals surface area contributed by atoms with Crippen LogP contribution in [0.2, 0.25) is 0 Å². The number of fused-ring (bicyclic) bond motifs is 1. The van der Waals surface area contributed by atoms with E-state index in [0.717, 1.165) is 19.5 Å². The lowest BCUT2D eigenvalue weighted by Crippen LogP contribution is -2.32. The molecule has 1 amide bonds. The van der Waals surface area contributed by atoms with Gasteiger partial charge in [-0.15, -0.1) is 0 Å². The standard InChI is InChI=1S/C15H20N2O4/c1-10(18)11-4-5-17(7-11)8-15(19)16-12-2-3-13-14(6-12)21-9-20-13/h2-3,6,10-11,18H,4-5,7-9H2,1H3,(H,16,19). The number of aliphatic hydroxyl groups is 1. The average molecular weight is 292 g/mol. The Hall–Kier alpha value is -1.79. The lowest BCUT2D eigenvalue weighted by Gasteiger charge is -2.17. The molecular formula is C15H20N2O4. The van der Waals surface area contributed by atoms with Crippen LogP contribution in [-0.2, 0) is 4.79 Å². The van der Waals surface area contributed by atoms with E-state index in [-0.39, 0.29) is 24.7 Å². The number of benzene rings is 1. The number of rotatable bonds is 4. The second-order valence-electron chi connectivity index (χ2n) is 5.64. The zero-order valence-electron chi connectivity index (χ0n) is 12.0. The molecule has 0 aliphatic carbocycles. The molecule has 0 aromatic heterocycles. The zero-order chi connectivity index (χ0) is 14.8. The summed E-state index contributed by atoms with van der Waals surface area (Å²) in [6, 6.07) is 5.36. The Morgan fingerprint density at radius 1 is 1.48 bits per heavy atom. The summed E-state index contributed by atoms with van der Waals surface area (Å²) in [5.41, 5.74) is 0.704. The summed E-state index contributed by atoms with van der Waals surface area (Å²) in [4.78, 5) is 14.1. The number of carbonyl (C=O) groups is 1. The van der Waals surface area contributed by atoms with Crippen molar-refractivity contribution in [3.63, 3.8) is 0 Å². The number of carbonyl (C=O) groups excluding carboxylic acids is 1. The van der Waals surface area contributed by atoms with Crippen molar-refractivity contribution >= 4 is 11.6 Å². The lowest BCUT2D eigenvalue weighted by molar-refractivity contribution is -0.117. The van der Waals surface area contributed by atoms with Gasteiger partial charge in [-0.3, -0.25) is 9.69 Å². The maximum atomic E-state index is 12.1. The van der Waals surface area contributed by atoms with Crippen molar-refractivity contribution in [1.82, 2.24) is 4.90 Å². The molecule has 2 heterocycles. The normalized spacial score (nSPS) is 22.3. The van der Waals surface area contributed by atoms with Crippen LogP contribution in [-0.4, -0.2) is 48.4 Å². The highest BCUT2D eigenvalue weighted by Gasteiger charge is 2.27. The number of nitrogens with one attached hydrogen (secondary N) is 1. The molecule has 2 aliphatic rings. The van der Waals surface area contributed by atoms with Crippen molar-refractivity contribution in [1.29, 1.82) is 0 Å². The van der Waals surface area contributed by atoms with Crippen molar-refractivity contribution in [3.8, 4) is 11.5 Å². The van der Waals surface area contributed by atoms with Crippen LogP contribution in [0.25, 0.3) is 0 Å². The first-order chi connectivity index (χ1) is 10.1. The van der Waals surface area contributed by atoms with Gasteiger partial charge in [0.15, 0.2) is 11.5 Å². The molecule has 21 heavy (non-hydrogen) atoms. The first-order valence-corrected chi connectivity index (χ1v) is 7.22. The Labute approximate surface area is 123 Å². The molecule has 1 aromatic carbocycles. The molecule has 1 fully saturated rings. The zero-order valence-corrected chi connectivity index (χ0v) is 12.0. The van der Waals surface area contributed by atoms with Gasteiger partial charge in [0.05, 0.1) is 12.6 Å². The number of nitrogens with zero attached hydrogens (tertiary/aromatic N) is 1. The highest BCUT2D eigenvalue weighted by molar-refractivity contribution is 5.92. The molecule has 1 aromatic rings. The van der Waals surface area contributed by atoms with Gasteiger partial charge in [-0.05, 0) is 37.9 Å². The van der Waals surface area contributed by atoms with E-state index in [0.29, 0.717) is 23.7 Å². The fourth-order valence-corrected chi connectivity index (χ4v) is 2.78. The largest absolute Gasteiger partial charge is 0.454 e. The molecule has 2 N–H and O–H groups in total. The molecule has 2 aliphatic heterocycles. The number of anilines is 1. The lowest BCUT2D eigenvalue weighted by atomic mass is 10.0. The van der Waals surface area contributed by atoms with Gasteiger partial charge in [-0.1, -0.05) is 0 Å². The van der Waals surface area contributed by atoms with Crippen LogP contribution in [0.5, 0.6) is 11.5 Å². The molecule has 1 saturated heterocycles. The summed E-state index contributed by atoms with van der Waals surface area (Å²) in [7, 11) is 0. The van der Waals surface area contributed by atoms with Crippen molar-refractivity contribution in [2.24, 2.45) is 5.92 Å². The minimum absolute atomic E-state index is 0.0555. The molecule has 2 unspecified atom stereocenters. The van der Waals surface area contributed by atoms with Gasteiger partial charge < -0.3 is 19.9 Å². The van der Waals surface area contributed by atoms with Crippen LogP contribution < -0.4 is 14.8 Å². The van der Waals surface area contributed by atoms with Crippen molar-refractivity contribution in [2.45, 2.75) is 19.4 Å². The van der Waals surface area contributed by atoms with Crippen LogP contribution >= 0.6 is 0 Å². The van der Waals surface area contributed by atoms with E-state index in [4.69, 9.17) is 9.47 Å². The Morgan fingerprint density at radius 3 is 3.05 bits per heavy atom. The minimum Gasteiger partial charge on any atom is -0.454 e. The molecule has 0 radical (unpaired) electrons. The van der Waals surface area contributed by atoms with Crippen molar-refractivity contribution in [3.05, 3.63) is 18.2 Å². The molecule has 0 saturated carbocycles. The van der Waals surface area contributed by atoms with Crippen molar-refractivity contribution < 1.29 is 19.4 Å². The van der Waals surface area contributed by atoms with Crippen LogP contribution in [0.15, 0.2) is 18.2 Å².